The van der Waals surface area contributed by atoms with Gasteiger partial charge in [-0.1, -0.05) is 29.8 Å². The maximum absolute atomic E-state index is 5.60. The molecule has 0 saturated heterocycles. The number of rotatable bonds is 6. The summed E-state index contributed by atoms with van der Waals surface area (Å²) in [7, 11) is 0. The molecule has 2 N–H and O–H groups in total. The topological polar surface area (TPSA) is 72.0 Å². The molecule has 0 atom stereocenters. The number of nitrogens with zero attached hydrogens (tertiary/aromatic N) is 3. The van der Waals surface area contributed by atoms with Gasteiger partial charge in [0, 0.05) is 5.69 Å². The summed E-state index contributed by atoms with van der Waals surface area (Å²) in [5.74, 6) is 1.79. The molecular formula is C18H19N5O. The van der Waals surface area contributed by atoms with Gasteiger partial charge in [0.15, 0.2) is 5.82 Å². The molecule has 0 radical (unpaired) electrons. The van der Waals surface area contributed by atoms with Crippen LogP contribution in [-0.4, -0.2) is 21.8 Å². The fourth-order valence-electron chi connectivity index (χ4n) is 2.17. The van der Waals surface area contributed by atoms with Crippen LogP contribution in [0.2, 0.25) is 0 Å². The first-order valence-electron chi connectivity index (χ1n) is 7.77. The van der Waals surface area contributed by atoms with Crippen molar-refractivity contribution in [1.82, 2.24) is 15.2 Å². The molecule has 0 aliphatic heterocycles. The van der Waals surface area contributed by atoms with E-state index >= 15 is 0 Å². The number of ether oxygens (including phenoxy) is 1. The number of aromatic nitrogens is 3. The molecule has 0 fully saturated rings. The molecule has 2 aromatic carbocycles. The second-order valence-electron chi connectivity index (χ2n) is 5.21. The molecule has 0 spiro atoms. The van der Waals surface area contributed by atoms with Crippen LogP contribution in [0, 0.1) is 6.92 Å². The van der Waals surface area contributed by atoms with E-state index in [2.05, 4.69) is 25.8 Å². The molecule has 6 heteroatoms. The van der Waals surface area contributed by atoms with E-state index in [0.717, 1.165) is 17.1 Å². The van der Waals surface area contributed by atoms with Crippen LogP contribution in [0.15, 0.2) is 54.7 Å². The predicted molar refractivity (Wildman–Crippen MR) is 95.2 cm³/mol. The van der Waals surface area contributed by atoms with Crippen molar-refractivity contribution in [2.45, 2.75) is 13.8 Å². The summed E-state index contributed by atoms with van der Waals surface area (Å²) in [6.45, 7) is 4.59. The highest BCUT2D eigenvalue weighted by Crippen LogP contribution is 2.26. The van der Waals surface area contributed by atoms with Gasteiger partial charge >= 0.3 is 0 Å². The standard InChI is InChI=1S/C18H19N5O/c1-3-24-16-7-5-4-6-15(16)21-17-12-19-23-18(22-17)20-14-10-8-13(2)9-11-14/h4-12H,3H2,1-2H3,(H2,20,21,22,23). The largest absolute Gasteiger partial charge is 0.492 e. The predicted octanol–water partition coefficient (Wildman–Crippen LogP) is 4.07. The van der Waals surface area contributed by atoms with Gasteiger partial charge in [0.2, 0.25) is 5.95 Å². The summed E-state index contributed by atoms with van der Waals surface area (Å²) in [6.07, 6.45) is 1.57. The van der Waals surface area contributed by atoms with Gasteiger partial charge in [0.1, 0.15) is 5.75 Å². The first-order chi connectivity index (χ1) is 11.7. The van der Waals surface area contributed by atoms with Gasteiger partial charge in [0.05, 0.1) is 18.5 Å². The Morgan fingerprint density at radius 3 is 2.58 bits per heavy atom. The molecule has 3 rings (SSSR count). The highest BCUT2D eigenvalue weighted by molar-refractivity contribution is 5.64. The van der Waals surface area contributed by atoms with Gasteiger partial charge in [-0.3, -0.25) is 0 Å². The highest BCUT2D eigenvalue weighted by atomic mass is 16.5. The lowest BCUT2D eigenvalue weighted by atomic mass is 10.2. The quantitative estimate of drug-likeness (QED) is 0.713. The fraction of sp³-hybridized carbons (Fsp3) is 0.167. The zero-order valence-corrected chi connectivity index (χ0v) is 13.7. The van der Waals surface area contributed by atoms with Crippen molar-refractivity contribution in [3.05, 3.63) is 60.3 Å². The zero-order valence-electron chi connectivity index (χ0n) is 13.7. The first-order valence-corrected chi connectivity index (χ1v) is 7.77. The minimum atomic E-state index is 0.428. The number of anilines is 4. The molecule has 0 aliphatic rings. The van der Waals surface area contributed by atoms with Crippen LogP contribution in [0.5, 0.6) is 5.75 Å². The van der Waals surface area contributed by atoms with E-state index in [9.17, 15) is 0 Å². The molecule has 0 aliphatic carbocycles. The van der Waals surface area contributed by atoms with Gasteiger partial charge in [-0.2, -0.15) is 10.1 Å². The van der Waals surface area contributed by atoms with Crippen molar-refractivity contribution in [2.75, 3.05) is 17.2 Å². The highest BCUT2D eigenvalue weighted by Gasteiger charge is 2.06. The van der Waals surface area contributed by atoms with Crippen LogP contribution in [0.3, 0.4) is 0 Å². The molecule has 1 heterocycles. The molecule has 24 heavy (non-hydrogen) atoms. The number of hydrogen-bond donors (Lipinski definition) is 2. The van der Waals surface area contributed by atoms with Crippen LogP contribution in [0.1, 0.15) is 12.5 Å². The summed E-state index contributed by atoms with van der Waals surface area (Å²) < 4.78 is 5.60. The van der Waals surface area contributed by atoms with E-state index in [1.807, 2.05) is 62.4 Å². The number of para-hydroxylation sites is 2. The lowest BCUT2D eigenvalue weighted by Gasteiger charge is -2.12. The number of hydrogen-bond acceptors (Lipinski definition) is 6. The van der Waals surface area contributed by atoms with Crippen LogP contribution in [0.25, 0.3) is 0 Å². The Hall–Kier alpha value is -3.15. The third-order valence-electron chi connectivity index (χ3n) is 3.32. The van der Waals surface area contributed by atoms with E-state index < -0.39 is 0 Å². The van der Waals surface area contributed by atoms with Crippen molar-refractivity contribution in [1.29, 1.82) is 0 Å². The third kappa shape index (κ3) is 3.98. The number of nitrogens with one attached hydrogen (secondary N) is 2. The lowest BCUT2D eigenvalue weighted by molar-refractivity contribution is 0.342. The molecule has 0 amide bonds. The normalized spacial score (nSPS) is 10.2. The van der Waals surface area contributed by atoms with Crippen molar-refractivity contribution in [3.8, 4) is 5.75 Å². The molecular weight excluding hydrogens is 302 g/mol. The molecule has 0 unspecified atom stereocenters. The van der Waals surface area contributed by atoms with Gasteiger partial charge in [-0.05, 0) is 38.1 Å². The maximum atomic E-state index is 5.60. The van der Waals surface area contributed by atoms with Crippen LogP contribution < -0.4 is 15.4 Å². The molecule has 6 nitrogen and oxygen atoms in total. The van der Waals surface area contributed by atoms with Crippen molar-refractivity contribution in [3.63, 3.8) is 0 Å². The molecule has 0 saturated carbocycles. The number of aryl methyl sites for hydroxylation is 1. The smallest absolute Gasteiger partial charge is 0.249 e. The summed E-state index contributed by atoms with van der Waals surface area (Å²) >= 11 is 0. The second-order valence-corrected chi connectivity index (χ2v) is 5.21. The van der Waals surface area contributed by atoms with Crippen molar-refractivity contribution in [2.24, 2.45) is 0 Å². The Kier molecular flexibility index (Phi) is 4.86. The van der Waals surface area contributed by atoms with E-state index in [-0.39, 0.29) is 0 Å². The Labute approximate surface area is 140 Å². The van der Waals surface area contributed by atoms with Crippen molar-refractivity contribution >= 4 is 23.1 Å². The van der Waals surface area contributed by atoms with E-state index in [1.165, 1.54) is 5.56 Å². The van der Waals surface area contributed by atoms with E-state index in [1.54, 1.807) is 6.20 Å². The summed E-state index contributed by atoms with van der Waals surface area (Å²) in [4.78, 5) is 4.44. The molecule has 3 aromatic rings. The minimum absolute atomic E-state index is 0.428. The summed E-state index contributed by atoms with van der Waals surface area (Å²) in [5.41, 5.74) is 2.94. The Bertz CT molecular complexity index is 805. The molecule has 122 valence electrons. The minimum Gasteiger partial charge on any atom is -0.492 e. The van der Waals surface area contributed by atoms with E-state index in [4.69, 9.17) is 4.74 Å². The van der Waals surface area contributed by atoms with Gasteiger partial charge in [-0.15, -0.1) is 5.10 Å². The Morgan fingerprint density at radius 1 is 1.00 bits per heavy atom. The van der Waals surface area contributed by atoms with Gasteiger partial charge in [0.25, 0.3) is 0 Å². The monoisotopic (exact) mass is 321 g/mol. The SMILES string of the molecule is CCOc1ccccc1Nc1cnnc(Nc2ccc(C)cc2)n1. The molecule has 0 bridgehead atoms. The van der Waals surface area contributed by atoms with Crippen molar-refractivity contribution < 1.29 is 4.74 Å². The van der Waals surface area contributed by atoms with Crippen LogP contribution in [-0.2, 0) is 0 Å². The Morgan fingerprint density at radius 2 is 1.79 bits per heavy atom. The zero-order chi connectivity index (χ0) is 16.8. The van der Waals surface area contributed by atoms with Crippen LogP contribution in [0.4, 0.5) is 23.1 Å². The average Bonchev–Trinajstić information content (AvgIpc) is 2.59. The third-order valence-corrected chi connectivity index (χ3v) is 3.32. The van der Waals surface area contributed by atoms with E-state index in [0.29, 0.717) is 18.4 Å². The number of benzene rings is 2. The van der Waals surface area contributed by atoms with Crippen LogP contribution >= 0.6 is 0 Å². The fourth-order valence-corrected chi connectivity index (χ4v) is 2.17. The average molecular weight is 321 g/mol. The van der Waals surface area contributed by atoms with Gasteiger partial charge < -0.3 is 15.4 Å². The maximum Gasteiger partial charge on any atom is 0.249 e. The molecule has 1 aromatic heterocycles. The Balaban J connectivity index is 1.77. The first kappa shape index (κ1) is 15.7. The lowest BCUT2D eigenvalue weighted by Crippen LogP contribution is -2.03. The summed E-state index contributed by atoms with van der Waals surface area (Å²) in [6, 6.07) is 15.7. The second kappa shape index (κ2) is 7.41. The summed E-state index contributed by atoms with van der Waals surface area (Å²) in [5, 5.41) is 14.4. The van der Waals surface area contributed by atoms with Gasteiger partial charge in [-0.25, -0.2) is 0 Å².